The number of rotatable bonds is 5. The first-order chi connectivity index (χ1) is 15.9. The Kier molecular flexibility index (Phi) is 5.81. The Morgan fingerprint density at radius 1 is 1.18 bits per heavy atom. The van der Waals surface area contributed by atoms with Crippen molar-refractivity contribution in [3.05, 3.63) is 59.1 Å². The number of thiophene rings is 1. The summed E-state index contributed by atoms with van der Waals surface area (Å²) in [5, 5.41) is 5.43. The number of benzene rings is 1. The molecule has 1 N–H and O–H groups in total. The lowest BCUT2D eigenvalue weighted by Gasteiger charge is -2.45. The summed E-state index contributed by atoms with van der Waals surface area (Å²) in [4.78, 5) is 29.5. The van der Waals surface area contributed by atoms with Gasteiger partial charge in [0.2, 0.25) is 5.91 Å². The molecule has 33 heavy (non-hydrogen) atoms. The molecule has 2 aromatic heterocycles. The van der Waals surface area contributed by atoms with Gasteiger partial charge in [-0.05, 0) is 54.7 Å². The Balaban J connectivity index is 1.47. The summed E-state index contributed by atoms with van der Waals surface area (Å²) >= 11 is 1.64. The van der Waals surface area contributed by atoms with Gasteiger partial charge >= 0.3 is 0 Å². The van der Waals surface area contributed by atoms with Crippen molar-refractivity contribution in [3.8, 4) is 0 Å². The van der Waals surface area contributed by atoms with Gasteiger partial charge in [-0.2, -0.15) is 0 Å². The van der Waals surface area contributed by atoms with Gasteiger partial charge in [-0.15, -0.1) is 11.3 Å². The zero-order valence-electron chi connectivity index (χ0n) is 19.7. The minimum Gasteiger partial charge on any atom is -0.351 e. The maximum atomic E-state index is 13.9. The second-order valence-electron chi connectivity index (χ2n) is 10.1. The fourth-order valence-corrected chi connectivity index (χ4v) is 6.44. The first kappa shape index (κ1) is 22.2. The van der Waals surface area contributed by atoms with E-state index in [4.69, 9.17) is 0 Å². The highest BCUT2D eigenvalue weighted by Crippen LogP contribution is 2.35. The zero-order chi connectivity index (χ0) is 23.2. The van der Waals surface area contributed by atoms with Crippen LogP contribution in [0.5, 0.6) is 0 Å². The topological polar surface area (TPSA) is 54.3 Å². The highest BCUT2D eigenvalue weighted by Gasteiger charge is 2.48. The number of nitrogens with one attached hydrogen (secondary N) is 1. The Morgan fingerprint density at radius 3 is 2.76 bits per heavy atom. The average molecular weight is 464 g/mol. The van der Waals surface area contributed by atoms with Gasteiger partial charge in [0.05, 0.1) is 16.8 Å². The molecule has 4 atom stereocenters. The number of carbonyl (C=O) groups is 2. The fourth-order valence-electron chi connectivity index (χ4n) is 5.62. The lowest BCUT2D eigenvalue weighted by molar-refractivity contribution is -0.134. The lowest BCUT2D eigenvalue weighted by Crippen LogP contribution is -2.65. The summed E-state index contributed by atoms with van der Waals surface area (Å²) in [6, 6.07) is 14.4. The van der Waals surface area contributed by atoms with Crippen molar-refractivity contribution in [1.82, 2.24) is 14.8 Å². The van der Waals surface area contributed by atoms with Gasteiger partial charge < -0.3 is 14.8 Å². The van der Waals surface area contributed by atoms with E-state index in [1.807, 2.05) is 41.5 Å². The largest absolute Gasteiger partial charge is 0.351 e. The molecule has 1 aliphatic heterocycles. The van der Waals surface area contributed by atoms with Gasteiger partial charge in [0.25, 0.3) is 5.91 Å². The van der Waals surface area contributed by atoms with Crippen LogP contribution in [-0.4, -0.2) is 39.4 Å². The Morgan fingerprint density at radius 2 is 1.97 bits per heavy atom. The summed E-state index contributed by atoms with van der Waals surface area (Å²) < 4.78 is 3.15. The molecule has 2 aliphatic rings. The van der Waals surface area contributed by atoms with Crippen molar-refractivity contribution in [2.24, 2.45) is 11.8 Å². The summed E-state index contributed by atoms with van der Waals surface area (Å²) in [6.07, 6.45) is 4.09. The number of hydrogen-bond acceptors (Lipinski definition) is 3. The smallest absolute Gasteiger partial charge is 0.271 e. The third-order valence-corrected chi connectivity index (χ3v) is 8.88. The monoisotopic (exact) mass is 463 g/mol. The molecule has 3 aromatic rings. The molecular weight excluding hydrogens is 430 g/mol. The molecule has 1 fully saturated rings. The van der Waals surface area contributed by atoms with E-state index >= 15 is 0 Å². The van der Waals surface area contributed by atoms with Crippen molar-refractivity contribution >= 4 is 33.4 Å². The van der Waals surface area contributed by atoms with E-state index in [9.17, 15) is 9.59 Å². The molecule has 0 unspecified atom stereocenters. The van der Waals surface area contributed by atoms with Crippen LogP contribution in [0.1, 0.15) is 56.1 Å². The van der Waals surface area contributed by atoms with Crippen LogP contribution < -0.4 is 5.32 Å². The minimum absolute atomic E-state index is 0.0300. The normalized spacial score (nSPS) is 27.5. The Labute approximate surface area is 199 Å². The van der Waals surface area contributed by atoms with E-state index in [0.717, 1.165) is 29.5 Å². The van der Waals surface area contributed by atoms with Gasteiger partial charge in [0, 0.05) is 12.6 Å². The van der Waals surface area contributed by atoms with Gasteiger partial charge in [-0.25, -0.2) is 0 Å². The van der Waals surface area contributed by atoms with Crippen LogP contribution in [0.15, 0.2) is 47.8 Å². The predicted octanol–water partition coefficient (Wildman–Crippen LogP) is 5.10. The summed E-state index contributed by atoms with van der Waals surface area (Å²) in [5.74, 6) is 0.954. The number of carbonyl (C=O) groups excluding carboxylic acids is 2. The van der Waals surface area contributed by atoms with Crippen LogP contribution >= 0.6 is 11.3 Å². The van der Waals surface area contributed by atoms with Gasteiger partial charge in [-0.1, -0.05) is 57.0 Å². The van der Waals surface area contributed by atoms with Gasteiger partial charge in [0.1, 0.15) is 11.2 Å². The molecule has 1 aliphatic carbocycles. The molecule has 0 spiro atoms. The standard InChI is InChI=1S/C27H33N3O2S/c1-18-8-7-11-21(19(18)2)28-26(32)27(3)17-29-22-13-15-33-24(22)16-23(29)25(31)30(27)14-12-20-9-5-4-6-10-20/h4-6,9-10,13,15-16,18-19,21H,7-8,11-12,14,17H2,1-3H3,(H,28,32)/t18-,19+,21+,27+/m1/s1. The molecule has 6 heteroatoms. The first-order valence-corrected chi connectivity index (χ1v) is 13.0. The third kappa shape index (κ3) is 3.88. The SMILES string of the molecule is C[C@H]1[C@H](C)CCC[C@@H]1NC(=O)[C@]1(C)Cn2c(cc3sccc32)C(=O)N1CCc1ccccc1. The molecule has 5 nitrogen and oxygen atoms in total. The number of nitrogens with zero attached hydrogens (tertiary/aromatic N) is 2. The third-order valence-electron chi connectivity index (χ3n) is 8.03. The molecule has 2 amide bonds. The summed E-state index contributed by atoms with van der Waals surface area (Å²) in [7, 11) is 0. The molecule has 3 heterocycles. The second kappa shape index (κ2) is 8.64. The van der Waals surface area contributed by atoms with Crippen LogP contribution in [-0.2, 0) is 17.8 Å². The van der Waals surface area contributed by atoms with E-state index in [-0.39, 0.29) is 17.9 Å². The first-order valence-electron chi connectivity index (χ1n) is 12.1. The number of amides is 2. The van der Waals surface area contributed by atoms with Crippen molar-refractivity contribution < 1.29 is 9.59 Å². The molecule has 0 saturated heterocycles. The highest BCUT2D eigenvalue weighted by atomic mass is 32.1. The maximum Gasteiger partial charge on any atom is 0.271 e. The Bertz CT molecular complexity index is 1170. The molecule has 1 aromatic carbocycles. The van der Waals surface area contributed by atoms with E-state index in [1.54, 1.807) is 11.3 Å². The van der Waals surface area contributed by atoms with Gasteiger partial charge in [0.15, 0.2) is 0 Å². The number of aromatic nitrogens is 1. The van der Waals surface area contributed by atoms with Crippen molar-refractivity contribution in [2.75, 3.05) is 6.54 Å². The Hall–Kier alpha value is -2.60. The highest BCUT2D eigenvalue weighted by molar-refractivity contribution is 7.17. The molecule has 0 radical (unpaired) electrons. The van der Waals surface area contributed by atoms with E-state index in [2.05, 4.69) is 41.9 Å². The van der Waals surface area contributed by atoms with Crippen molar-refractivity contribution in [3.63, 3.8) is 0 Å². The minimum atomic E-state index is -0.937. The van der Waals surface area contributed by atoms with Crippen molar-refractivity contribution in [1.29, 1.82) is 0 Å². The molecule has 0 bridgehead atoms. The maximum absolute atomic E-state index is 13.9. The van der Waals surface area contributed by atoms with Crippen LogP contribution in [0.4, 0.5) is 0 Å². The summed E-state index contributed by atoms with van der Waals surface area (Å²) in [5.41, 5.74) is 1.97. The van der Waals surface area contributed by atoms with Crippen molar-refractivity contribution in [2.45, 2.75) is 64.6 Å². The fraction of sp³-hybridized carbons (Fsp3) is 0.481. The predicted molar refractivity (Wildman–Crippen MR) is 134 cm³/mol. The molecular formula is C27H33N3O2S. The van der Waals surface area contributed by atoms with Crippen LogP contribution in [0.25, 0.3) is 10.2 Å². The number of hydrogen-bond donors (Lipinski definition) is 1. The van der Waals surface area contributed by atoms with E-state index < -0.39 is 5.54 Å². The average Bonchev–Trinajstić information content (AvgIpc) is 3.40. The quantitative estimate of drug-likeness (QED) is 0.572. The lowest BCUT2D eigenvalue weighted by atomic mass is 9.77. The summed E-state index contributed by atoms with van der Waals surface area (Å²) in [6.45, 7) is 7.47. The second-order valence-corrected chi connectivity index (χ2v) is 11.0. The van der Waals surface area contributed by atoms with Crippen LogP contribution in [0, 0.1) is 11.8 Å². The van der Waals surface area contributed by atoms with E-state index in [0.29, 0.717) is 30.6 Å². The molecule has 1 saturated carbocycles. The molecule has 174 valence electrons. The van der Waals surface area contributed by atoms with Crippen LogP contribution in [0.2, 0.25) is 0 Å². The number of fused-ring (bicyclic) bond motifs is 3. The van der Waals surface area contributed by atoms with E-state index in [1.165, 1.54) is 12.0 Å². The zero-order valence-corrected chi connectivity index (χ0v) is 20.5. The molecule has 5 rings (SSSR count). The van der Waals surface area contributed by atoms with Crippen LogP contribution in [0.3, 0.4) is 0 Å². The van der Waals surface area contributed by atoms with Gasteiger partial charge in [-0.3, -0.25) is 9.59 Å².